The quantitative estimate of drug-likeness (QED) is 0.744. The molecule has 0 aliphatic rings. The summed E-state index contributed by atoms with van der Waals surface area (Å²) in [5.41, 5.74) is 0.624. The molecule has 124 valence electrons. The average molecular weight is 343 g/mol. The number of rotatable bonds is 6. The van der Waals surface area contributed by atoms with E-state index in [4.69, 9.17) is 5.11 Å². The standard InChI is InChI=1S/C17H17N3O3S/c1-2-12-9-13-16(24-12)19-15(11-5-3-7-18-10-11)20(17(13)23)8-4-6-14(21)22/h3,5,7,9-10H,2,4,6,8H2,1H3,(H,21,22). The minimum Gasteiger partial charge on any atom is -0.481 e. The molecule has 3 rings (SSSR count). The van der Waals surface area contributed by atoms with Crippen LogP contribution in [0.3, 0.4) is 0 Å². The third-order valence-electron chi connectivity index (χ3n) is 3.74. The molecule has 24 heavy (non-hydrogen) atoms. The largest absolute Gasteiger partial charge is 0.481 e. The monoisotopic (exact) mass is 343 g/mol. The highest BCUT2D eigenvalue weighted by Crippen LogP contribution is 2.25. The Balaban J connectivity index is 2.15. The minimum atomic E-state index is -0.871. The summed E-state index contributed by atoms with van der Waals surface area (Å²) in [6.45, 7) is 2.35. The molecule has 3 aromatic heterocycles. The molecule has 0 aliphatic carbocycles. The van der Waals surface area contributed by atoms with Crippen LogP contribution in [0, 0.1) is 0 Å². The number of carboxylic acid groups (broad SMARTS) is 1. The van der Waals surface area contributed by atoms with Crippen molar-refractivity contribution in [3.05, 3.63) is 45.8 Å². The van der Waals surface area contributed by atoms with E-state index in [1.807, 2.05) is 19.1 Å². The SMILES string of the molecule is CCc1cc2c(=O)n(CCCC(=O)O)c(-c3cccnc3)nc2s1. The molecule has 0 saturated heterocycles. The highest BCUT2D eigenvalue weighted by atomic mass is 32.1. The molecule has 7 heteroatoms. The van der Waals surface area contributed by atoms with E-state index in [2.05, 4.69) is 9.97 Å². The Hall–Kier alpha value is -2.54. The molecule has 0 radical (unpaired) electrons. The maximum absolute atomic E-state index is 12.9. The summed E-state index contributed by atoms with van der Waals surface area (Å²) in [4.78, 5) is 34.2. The molecule has 0 aromatic carbocycles. The van der Waals surface area contributed by atoms with Crippen LogP contribution in [-0.2, 0) is 17.8 Å². The number of fused-ring (bicyclic) bond motifs is 1. The van der Waals surface area contributed by atoms with Crippen molar-refractivity contribution < 1.29 is 9.90 Å². The third-order valence-corrected chi connectivity index (χ3v) is 4.92. The normalized spacial score (nSPS) is 11.0. The van der Waals surface area contributed by atoms with Crippen molar-refractivity contribution in [3.8, 4) is 11.4 Å². The smallest absolute Gasteiger partial charge is 0.303 e. The van der Waals surface area contributed by atoms with Gasteiger partial charge in [0.1, 0.15) is 10.7 Å². The molecule has 0 aliphatic heterocycles. The molecule has 6 nitrogen and oxygen atoms in total. The van der Waals surface area contributed by atoms with Crippen LogP contribution in [0.4, 0.5) is 0 Å². The Labute approximate surface area is 142 Å². The molecule has 3 aromatic rings. The van der Waals surface area contributed by atoms with E-state index in [-0.39, 0.29) is 12.0 Å². The van der Waals surface area contributed by atoms with Gasteiger partial charge in [-0.25, -0.2) is 4.98 Å². The van der Waals surface area contributed by atoms with Gasteiger partial charge in [0, 0.05) is 35.8 Å². The molecule has 3 heterocycles. The van der Waals surface area contributed by atoms with Gasteiger partial charge in [-0.1, -0.05) is 6.92 Å². The van der Waals surface area contributed by atoms with E-state index in [0.717, 1.165) is 16.9 Å². The van der Waals surface area contributed by atoms with Gasteiger partial charge >= 0.3 is 5.97 Å². The number of pyridine rings is 1. The molecule has 0 fully saturated rings. The molecule has 0 unspecified atom stereocenters. The number of hydrogen-bond donors (Lipinski definition) is 1. The van der Waals surface area contributed by atoms with Crippen LogP contribution in [0.25, 0.3) is 21.6 Å². The van der Waals surface area contributed by atoms with E-state index >= 15 is 0 Å². The van der Waals surface area contributed by atoms with Gasteiger partial charge in [-0.3, -0.25) is 19.1 Å². The Morgan fingerprint density at radius 1 is 1.42 bits per heavy atom. The lowest BCUT2D eigenvalue weighted by atomic mass is 10.2. The number of aliphatic carboxylic acids is 1. The number of thiophene rings is 1. The Morgan fingerprint density at radius 3 is 2.92 bits per heavy atom. The predicted molar refractivity (Wildman–Crippen MR) is 93.4 cm³/mol. The summed E-state index contributed by atoms with van der Waals surface area (Å²) < 4.78 is 1.56. The highest BCUT2D eigenvalue weighted by molar-refractivity contribution is 7.18. The number of hydrogen-bond acceptors (Lipinski definition) is 5. The van der Waals surface area contributed by atoms with Crippen LogP contribution in [0.1, 0.15) is 24.6 Å². The zero-order valence-electron chi connectivity index (χ0n) is 13.2. The molecular formula is C17H17N3O3S. The first kappa shape index (κ1) is 16.3. The van der Waals surface area contributed by atoms with Gasteiger partial charge in [-0.05, 0) is 31.0 Å². The second-order valence-electron chi connectivity index (χ2n) is 5.42. The molecule has 0 atom stereocenters. The van der Waals surface area contributed by atoms with E-state index in [1.54, 1.807) is 23.0 Å². The molecule has 0 saturated carbocycles. The van der Waals surface area contributed by atoms with Gasteiger partial charge in [-0.2, -0.15) is 0 Å². The van der Waals surface area contributed by atoms with Crippen LogP contribution in [0.2, 0.25) is 0 Å². The minimum absolute atomic E-state index is 0.0147. The lowest BCUT2D eigenvalue weighted by Crippen LogP contribution is -2.23. The van der Waals surface area contributed by atoms with E-state index < -0.39 is 5.97 Å². The van der Waals surface area contributed by atoms with Gasteiger partial charge in [0.05, 0.1) is 5.39 Å². The van der Waals surface area contributed by atoms with Crippen molar-refractivity contribution in [2.75, 3.05) is 0 Å². The first-order valence-electron chi connectivity index (χ1n) is 7.75. The zero-order chi connectivity index (χ0) is 17.1. The second kappa shape index (κ2) is 6.92. The van der Waals surface area contributed by atoms with Crippen LogP contribution < -0.4 is 5.56 Å². The average Bonchev–Trinajstić information content (AvgIpc) is 3.01. The summed E-state index contributed by atoms with van der Waals surface area (Å²) in [7, 11) is 0. The topological polar surface area (TPSA) is 85.1 Å². The van der Waals surface area contributed by atoms with Gasteiger partial charge in [-0.15, -0.1) is 11.3 Å². The van der Waals surface area contributed by atoms with Crippen LogP contribution in [0.5, 0.6) is 0 Å². The predicted octanol–water partition coefficient (Wildman–Crippen LogP) is 2.95. The number of aromatic nitrogens is 3. The Morgan fingerprint density at radius 2 is 2.25 bits per heavy atom. The van der Waals surface area contributed by atoms with E-state index in [1.165, 1.54) is 11.3 Å². The molecule has 0 bridgehead atoms. The van der Waals surface area contributed by atoms with Crippen LogP contribution >= 0.6 is 11.3 Å². The summed E-state index contributed by atoms with van der Waals surface area (Å²) in [5, 5.41) is 9.44. The van der Waals surface area contributed by atoms with Crippen molar-refractivity contribution in [1.29, 1.82) is 0 Å². The number of carboxylic acids is 1. The highest BCUT2D eigenvalue weighted by Gasteiger charge is 2.15. The molecule has 0 spiro atoms. The van der Waals surface area contributed by atoms with Crippen molar-refractivity contribution in [2.24, 2.45) is 0 Å². The fourth-order valence-electron chi connectivity index (χ4n) is 2.55. The number of nitrogens with zero attached hydrogens (tertiary/aromatic N) is 3. The summed E-state index contributed by atoms with van der Waals surface area (Å²) in [5.74, 6) is -0.334. The lowest BCUT2D eigenvalue weighted by molar-refractivity contribution is -0.137. The van der Waals surface area contributed by atoms with Crippen LogP contribution in [-0.4, -0.2) is 25.6 Å². The maximum atomic E-state index is 12.9. The summed E-state index contributed by atoms with van der Waals surface area (Å²) in [6.07, 6.45) is 4.56. The summed E-state index contributed by atoms with van der Waals surface area (Å²) in [6, 6.07) is 5.53. The maximum Gasteiger partial charge on any atom is 0.303 e. The molecular weight excluding hydrogens is 326 g/mol. The van der Waals surface area contributed by atoms with Gasteiger partial charge in [0.2, 0.25) is 0 Å². The van der Waals surface area contributed by atoms with E-state index in [0.29, 0.717) is 29.0 Å². The van der Waals surface area contributed by atoms with Gasteiger partial charge < -0.3 is 5.11 Å². The number of carbonyl (C=O) groups is 1. The zero-order valence-corrected chi connectivity index (χ0v) is 14.0. The first-order valence-corrected chi connectivity index (χ1v) is 8.57. The van der Waals surface area contributed by atoms with Crippen LogP contribution in [0.15, 0.2) is 35.4 Å². The molecule has 1 N–H and O–H groups in total. The van der Waals surface area contributed by atoms with Crippen molar-refractivity contribution >= 4 is 27.5 Å². The second-order valence-corrected chi connectivity index (χ2v) is 6.53. The lowest BCUT2D eigenvalue weighted by Gasteiger charge is -2.11. The van der Waals surface area contributed by atoms with Gasteiger partial charge in [0.15, 0.2) is 0 Å². The Kier molecular flexibility index (Phi) is 4.71. The molecule has 0 amide bonds. The fourth-order valence-corrected chi connectivity index (χ4v) is 3.51. The van der Waals surface area contributed by atoms with Crippen molar-refractivity contribution in [1.82, 2.24) is 14.5 Å². The third kappa shape index (κ3) is 3.21. The Bertz CT molecular complexity index is 931. The van der Waals surface area contributed by atoms with Crippen molar-refractivity contribution in [2.45, 2.75) is 32.7 Å². The summed E-state index contributed by atoms with van der Waals surface area (Å²) >= 11 is 1.52. The van der Waals surface area contributed by atoms with Gasteiger partial charge in [0.25, 0.3) is 5.56 Å². The number of aryl methyl sites for hydroxylation is 1. The first-order chi connectivity index (χ1) is 11.6. The van der Waals surface area contributed by atoms with Crippen molar-refractivity contribution in [3.63, 3.8) is 0 Å². The van der Waals surface area contributed by atoms with E-state index in [9.17, 15) is 9.59 Å². The fraction of sp³-hybridized carbons (Fsp3) is 0.294.